The summed E-state index contributed by atoms with van der Waals surface area (Å²) in [6.45, 7) is 3.66. The van der Waals surface area contributed by atoms with Crippen LogP contribution in [0.5, 0.6) is 0 Å². The number of benzene rings is 2. The van der Waals surface area contributed by atoms with Crippen LogP contribution >= 0.6 is 11.3 Å². The summed E-state index contributed by atoms with van der Waals surface area (Å²) in [5.41, 5.74) is 2.22. The van der Waals surface area contributed by atoms with E-state index in [9.17, 15) is 17.6 Å². The van der Waals surface area contributed by atoms with Crippen LogP contribution in [0.15, 0.2) is 59.5 Å². The van der Waals surface area contributed by atoms with Crippen molar-refractivity contribution in [2.24, 2.45) is 5.14 Å². The molecule has 0 saturated heterocycles. The van der Waals surface area contributed by atoms with Gasteiger partial charge in [0, 0.05) is 5.39 Å². The minimum atomic E-state index is -3.77. The molecule has 2 aromatic carbocycles. The van der Waals surface area contributed by atoms with Gasteiger partial charge < -0.3 is 5.32 Å². The molecule has 2 aromatic heterocycles. The van der Waals surface area contributed by atoms with E-state index in [0.717, 1.165) is 21.5 Å². The van der Waals surface area contributed by atoms with Crippen molar-refractivity contribution >= 4 is 37.5 Å². The summed E-state index contributed by atoms with van der Waals surface area (Å²) in [7, 11) is -3.77. The van der Waals surface area contributed by atoms with Crippen LogP contribution in [-0.4, -0.2) is 24.1 Å². The lowest BCUT2D eigenvalue weighted by atomic mass is 10.1. The SMILES string of the molecule is Cc1nn(-c2ccc(F)cc2)c2sc(C(=O)N[C@H](C)c3ccc(S(N)(=O)=O)cc3)cc12. The molecule has 4 aromatic rings. The predicted molar refractivity (Wildman–Crippen MR) is 117 cm³/mol. The Morgan fingerprint density at radius 3 is 2.42 bits per heavy atom. The van der Waals surface area contributed by atoms with Gasteiger partial charge in [0.05, 0.1) is 27.2 Å². The molecule has 0 spiro atoms. The standard InChI is InChI=1S/C21H19FN4O3S2/c1-12(14-3-9-17(10-4-14)31(23,28)29)24-20(27)19-11-18-13(2)25-26(21(18)30-19)16-7-5-15(22)6-8-16/h3-12H,1-2H3,(H,24,27)(H2,23,28,29)/t12-/m1/s1. The Bertz CT molecular complexity index is 1370. The normalized spacial score (nSPS) is 12.8. The molecular formula is C21H19FN4O3S2. The largest absolute Gasteiger partial charge is 0.345 e. The second kappa shape index (κ2) is 7.88. The zero-order valence-corrected chi connectivity index (χ0v) is 18.3. The van der Waals surface area contributed by atoms with Gasteiger partial charge in [-0.2, -0.15) is 5.10 Å². The van der Waals surface area contributed by atoms with Crippen molar-refractivity contribution in [3.63, 3.8) is 0 Å². The van der Waals surface area contributed by atoms with Crippen LogP contribution < -0.4 is 10.5 Å². The Kier molecular flexibility index (Phi) is 5.38. The Morgan fingerprint density at radius 1 is 1.16 bits per heavy atom. The van der Waals surface area contributed by atoms with E-state index < -0.39 is 10.0 Å². The molecule has 0 unspecified atom stereocenters. The van der Waals surface area contributed by atoms with Crippen LogP contribution in [-0.2, 0) is 10.0 Å². The van der Waals surface area contributed by atoms with Crippen molar-refractivity contribution in [3.05, 3.63) is 76.5 Å². The fraction of sp³-hybridized carbons (Fsp3) is 0.143. The number of hydrogen-bond donors (Lipinski definition) is 2. The fourth-order valence-electron chi connectivity index (χ4n) is 3.21. The van der Waals surface area contributed by atoms with Crippen molar-refractivity contribution in [1.29, 1.82) is 0 Å². The Hall–Kier alpha value is -3.08. The number of carbonyl (C=O) groups excluding carboxylic acids is 1. The predicted octanol–water partition coefficient (Wildman–Crippen LogP) is 3.67. The molecule has 1 amide bonds. The first-order valence-corrected chi connectivity index (χ1v) is 11.7. The van der Waals surface area contributed by atoms with Crippen LogP contribution in [0.2, 0.25) is 0 Å². The Labute approximate surface area is 182 Å². The van der Waals surface area contributed by atoms with Gasteiger partial charge in [0.15, 0.2) is 0 Å². The summed E-state index contributed by atoms with van der Waals surface area (Å²) in [5, 5.41) is 13.4. The molecule has 0 fully saturated rings. The number of hydrogen-bond acceptors (Lipinski definition) is 5. The second-order valence-electron chi connectivity index (χ2n) is 7.11. The molecule has 7 nitrogen and oxygen atoms in total. The number of sulfonamides is 1. The van der Waals surface area contributed by atoms with Crippen molar-refractivity contribution in [1.82, 2.24) is 15.1 Å². The van der Waals surface area contributed by atoms with E-state index in [1.54, 1.807) is 35.0 Å². The van der Waals surface area contributed by atoms with E-state index >= 15 is 0 Å². The minimum Gasteiger partial charge on any atom is -0.345 e. The average molecular weight is 459 g/mol. The first kappa shape index (κ1) is 21.2. The highest BCUT2D eigenvalue weighted by Gasteiger charge is 2.19. The molecule has 10 heteroatoms. The number of amides is 1. The number of thiophene rings is 1. The highest BCUT2D eigenvalue weighted by atomic mass is 32.2. The van der Waals surface area contributed by atoms with E-state index in [4.69, 9.17) is 5.14 Å². The third kappa shape index (κ3) is 4.22. The maximum absolute atomic E-state index is 13.3. The zero-order valence-electron chi connectivity index (χ0n) is 16.7. The lowest BCUT2D eigenvalue weighted by molar-refractivity contribution is 0.0944. The van der Waals surface area contributed by atoms with Gasteiger partial charge in [0.1, 0.15) is 10.6 Å². The van der Waals surface area contributed by atoms with Gasteiger partial charge in [-0.1, -0.05) is 12.1 Å². The van der Waals surface area contributed by atoms with E-state index in [2.05, 4.69) is 10.4 Å². The Balaban J connectivity index is 1.58. The first-order valence-electron chi connectivity index (χ1n) is 9.32. The number of carbonyl (C=O) groups is 1. The van der Waals surface area contributed by atoms with E-state index in [1.807, 2.05) is 13.8 Å². The van der Waals surface area contributed by atoms with E-state index in [1.165, 1.54) is 35.6 Å². The maximum atomic E-state index is 13.3. The summed E-state index contributed by atoms with van der Waals surface area (Å²) >= 11 is 1.29. The monoisotopic (exact) mass is 458 g/mol. The third-order valence-corrected chi connectivity index (χ3v) is 6.93. The zero-order chi connectivity index (χ0) is 22.3. The molecule has 1 atom stereocenters. The smallest absolute Gasteiger partial charge is 0.261 e. The number of nitrogens with zero attached hydrogens (tertiary/aromatic N) is 2. The average Bonchev–Trinajstić information content (AvgIpc) is 3.29. The van der Waals surface area contributed by atoms with Crippen molar-refractivity contribution in [2.45, 2.75) is 24.8 Å². The number of nitrogens with two attached hydrogens (primary N) is 1. The van der Waals surface area contributed by atoms with Crippen LogP contribution in [0.1, 0.15) is 33.9 Å². The quantitative estimate of drug-likeness (QED) is 0.476. The lowest BCUT2D eigenvalue weighted by Crippen LogP contribution is -2.26. The van der Waals surface area contributed by atoms with Crippen molar-refractivity contribution < 1.29 is 17.6 Å². The number of rotatable bonds is 5. The highest BCUT2D eigenvalue weighted by Crippen LogP contribution is 2.31. The van der Waals surface area contributed by atoms with Gasteiger partial charge in [-0.15, -0.1) is 11.3 Å². The molecular weight excluding hydrogens is 439 g/mol. The summed E-state index contributed by atoms with van der Waals surface area (Å²) in [6.07, 6.45) is 0. The number of aromatic nitrogens is 2. The van der Waals surface area contributed by atoms with Crippen molar-refractivity contribution in [2.75, 3.05) is 0 Å². The molecule has 0 radical (unpaired) electrons. The molecule has 31 heavy (non-hydrogen) atoms. The van der Waals surface area contributed by atoms with Crippen LogP contribution in [0.4, 0.5) is 4.39 Å². The fourth-order valence-corrected chi connectivity index (χ4v) is 4.82. The van der Waals surface area contributed by atoms with Crippen LogP contribution in [0.25, 0.3) is 15.9 Å². The van der Waals surface area contributed by atoms with E-state index in [0.29, 0.717) is 10.6 Å². The molecule has 0 bridgehead atoms. The molecule has 0 aliphatic rings. The Morgan fingerprint density at radius 2 is 1.81 bits per heavy atom. The summed E-state index contributed by atoms with van der Waals surface area (Å²) in [6, 6.07) is 13.5. The summed E-state index contributed by atoms with van der Waals surface area (Å²) < 4.78 is 37.7. The number of fused-ring (bicyclic) bond motifs is 1. The molecule has 2 heterocycles. The minimum absolute atomic E-state index is 0.0140. The molecule has 0 aliphatic heterocycles. The first-order chi connectivity index (χ1) is 14.6. The molecule has 160 valence electrons. The second-order valence-corrected chi connectivity index (χ2v) is 9.70. The van der Waals surface area contributed by atoms with Crippen LogP contribution in [0, 0.1) is 12.7 Å². The summed E-state index contributed by atoms with van der Waals surface area (Å²) in [5.74, 6) is -0.588. The molecule has 0 aliphatic carbocycles. The van der Waals surface area contributed by atoms with Gasteiger partial charge in [-0.25, -0.2) is 22.6 Å². The van der Waals surface area contributed by atoms with Crippen LogP contribution in [0.3, 0.4) is 0 Å². The molecule has 3 N–H and O–H groups in total. The summed E-state index contributed by atoms with van der Waals surface area (Å²) in [4.78, 5) is 14.1. The molecule has 0 saturated carbocycles. The number of halogens is 1. The molecule has 4 rings (SSSR count). The number of primary sulfonamides is 1. The lowest BCUT2D eigenvalue weighted by Gasteiger charge is -2.14. The van der Waals surface area contributed by atoms with E-state index in [-0.39, 0.29) is 22.7 Å². The van der Waals surface area contributed by atoms with Crippen molar-refractivity contribution in [3.8, 4) is 5.69 Å². The van der Waals surface area contributed by atoms with Gasteiger partial charge in [0.25, 0.3) is 5.91 Å². The van der Waals surface area contributed by atoms with Gasteiger partial charge in [-0.05, 0) is 61.9 Å². The van der Waals surface area contributed by atoms with Gasteiger partial charge in [0.2, 0.25) is 10.0 Å². The third-order valence-electron chi connectivity index (χ3n) is 4.90. The van der Waals surface area contributed by atoms with Gasteiger partial charge >= 0.3 is 0 Å². The highest BCUT2D eigenvalue weighted by molar-refractivity contribution is 7.89. The number of nitrogens with one attached hydrogen (secondary N) is 1. The maximum Gasteiger partial charge on any atom is 0.261 e. The van der Waals surface area contributed by atoms with Gasteiger partial charge in [-0.3, -0.25) is 4.79 Å². The topological polar surface area (TPSA) is 107 Å². The number of aryl methyl sites for hydroxylation is 1.